The van der Waals surface area contributed by atoms with Gasteiger partial charge in [-0.3, -0.25) is 10.1 Å². The largest absolute Gasteiger partial charge is 0.312 e. The molecule has 0 fully saturated rings. The van der Waals surface area contributed by atoms with Crippen LogP contribution in [0.3, 0.4) is 0 Å². The molecule has 0 bridgehead atoms. The molecule has 17 heavy (non-hydrogen) atoms. The molecule has 0 heterocycles. The van der Waals surface area contributed by atoms with E-state index in [2.05, 4.69) is 0 Å². The van der Waals surface area contributed by atoms with Crippen LogP contribution in [0.2, 0.25) is 5.02 Å². The number of halogens is 2. The molecule has 1 aromatic rings. The molecule has 1 aromatic carbocycles. The van der Waals surface area contributed by atoms with Gasteiger partial charge in [0.25, 0.3) is 0 Å². The van der Waals surface area contributed by atoms with Crippen molar-refractivity contribution < 1.29 is 4.92 Å². The molecule has 0 spiro atoms. The molecule has 0 radical (unpaired) electrons. The number of nitrogens with two attached hydrogens (primary N) is 1. The maximum atomic E-state index is 10.4. The maximum absolute atomic E-state index is 10.4. The van der Waals surface area contributed by atoms with Gasteiger partial charge in [-0.2, -0.15) is 0 Å². The third-order valence-electron chi connectivity index (χ3n) is 1.96. The van der Waals surface area contributed by atoms with E-state index in [-0.39, 0.29) is 19.0 Å². The average molecular weight is 297 g/mol. The molecule has 0 amide bonds. The molecule has 0 saturated carbocycles. The lowest BCUT2D eigenvalue weighted by Gasteiger charge is -2.19. The lowest BCUT2D eigenvalue weighted by atomic mass is 10.2. The molecule has 0 saturated heterocycles. The van der Waals surface area contributed by atoms with E-state index in [4.69, 9.17) is 17.3 Å². The molecule has 1 atom stereocenters. The molecule has 0 aromatic heterocycles. The summed E-state index contributed by atoms with van der Waals surface area (Å²) < 4.78 is 0. The molecule has 1 unspecified atom stereocenters. The van der Waals surface area contributed by atoms with Crippen LogP contribution in [0.5, 0.6) is 0 Å². The lowest BCUT2D eigenvalue weighted by molar-refractivity contribution is -0.484. The van der Waals surface area contributed by atoms with E-state index >= 15 is 0 Å². The summed E-state index contributed by atoms with van der Waals surface area (Å²) in [5.74, 6) is 0.570. The van der Waals surface area contributed by atoms with Gasteiger partial charge in [0.2, 0.25) is 6.54 Å². The van der Waals surface area contributed by atoms with Crippen LogP contribution in [0.15, 0.2) is 24.3 Å². The molecular formula is C10H14Cl2N2O2S. The zero-order valence-electron chi connectivity index (χ0n) is 9.26. The molecule has 7 heteroatoms. The van der Waals surface area contributed by atoms with Gasteiger partial charge in [0.1, 0.15) is 4.87 Å². The number of rotatable bonds is 5. The second-order valence-electron chi connectivity index (χ2n) is 3.68. The summed E-state index contributed by atoms with van der Waals surface area (Å²) in [5.41, 5.74) is 6.73. The number of nitrogens with zero attached hydrogens (tertiary/aromatic N) is 1. The SMILES string of the molecule is CC(N)(C[N+](=O)[O-])SCc1ccccc1Cl.Cl. The van der Waals surface area contributed by atoms with Crippen LogP contribution >= 0.6 is 35.8 Å². The Morgan fingerprint density at radius 2 is 2.12 bits per heavy atom. The summed E-state index contributed by atoms with van der Waals surface area (Å²) in [5, 5.41) is 11.0. The number of hydrogen-bond donors (Lipinski definition) is 1. The zero-order valence-corrected chi connectivity index (χ0v) is 11.6. The summed E-state index contributed by atoms with van der Waals surface area (Å²) in [4.78, 5) is 9.10. The van der Waals surface area contributed by atoms with Crippen molar-refractivity contribution in [3.63, 3.8) is 0 Å². The van der Waals surface area contributed by atoms with Crippen molar-refractivity contribution in [2.45, 2.75) is 17.5 Å². The lowest BCUT2D eigenvalue weighted by Crippen LogP contribution is -2.39. The van der Waals surface area contributed by atoms with E-state index in [1.807, 2.05) is 18.2 Å². The van der Waals surface area contributed by atoms with Gasteiger partial charge in [0.05, 0.1) is 0 Å². The van der Waals surface area contributed by atoms with E-state index in [0.717, 1.165) is 5.56 Å². The first kappa shape index (κ1) is 16.5. The first-order valence-corrected chi connectivity index (χ1v) is 6.05. The quantitative estimate of drug-likeness (QED) is 0.515. The molecule has 0 aliphatic carbocycles. The first-order chi connectivity index (χ1) is 7.41. The highest BCUT2D eigenvalue weighted by Gasteiger charge is 2.25. The highest BCUT2D eigenvalue weighted by Crippen LogP contribution is 2.27. The van der Waals surface area contributed by atoms with Crippen LogP contribution in [0.25, 0.3) is 0 Å². The summed E-state index contributed by atoms with van der Waals surface area (Å²) in [6, 6.07) is 7.40. The number of nitro groups is 1. The zero-order chi connectivity index (χ0) is 12.2. The van der Waals surface area contributed by atoms with Gasteiger partial charge in [-0.05, 0) is 18.6 Å². The number of hydrogen-bond acceptors (Lipinski definition) is 4. The summed E-state index contributed by atoms with van der Waals surface area (Å²) >= 11 is 7.30. The van der Waals surface area contributed by atoms with Gasteiger partial charge in [-0.15, -0.1) is 24.2 Å². The highest BCUT2D eigenvalue weighted by atomic mass is 35.5. The Hall–Kier alpha value is -0.490. The van der Waals surface area contributed by atoms with Crippen LogP contribution in [-0.4, -0.2) is 16.3 Å². The fraction of sp³-hybridized carbons (Fsp3) is 0.400. The van der Waals surface area contributed by atoms with Crippen molar-refractivity contribution in [1.29, 1.82) is 0 Å². The third-order valence-corrected chi connectivity index (χ3v) is 3.57. The normalized spacial score (nSPS) is 13.6. The van der Waals surface area contributed by atoms with Gasteiger partial charge in [0.15, 0.2) is 0 Å². The first-order valence-electron chi connectivity index (χ1n) is 4.69. The fourth-order valence-corrected chi connectivity index (χ4v) is 2.38. The minimum Gasteiger partial charge on any atom is -0.312 e. The van der Waals surface area contributed by atoms with Crippen molar-refractivity contribution >= 4 is 35.8 Å². The minimum atomic E-state index is -0.872. The monoisotopic (exact) mass is 296 g/mol. The van der Waals surface area contributed by atoms with Crippen molar-refractivity contribution in [1.82, 2.24) is 0 Å². The van der Waals surface area contributed by atoms with Crippen molar-refractivity contribution in [3.05, 3.63) is 45.0 Å². The predicted molar refractivity (Wildman–Crippen MR) is 74.4 cm³/mol. The Balaban J connectivity index is 0.00000256. The van der Waals surface area contributed by atoms with Crippen LogP contribution in [-0.2, 0) is 5.75 Å². The fourth-order valence-electron chi connectivity index (χ4n) is 1.16. The van der Waals surface area contributed by atoms with E-state index < -0.39 is 9.79 Å². The Morgan fingerprint density at radius 1 is 1.53 bits per heavy atom. The Kier molecular flexibility index (Phi) is 6.85. The van der Waals surface area contributed by atoms with E-state index in [0.29, 0.717) is 10.8 Å². The Labute approximate surface area is 115 Å². The van der Waals surface area contributed by atoms with Crippen molar-refractivity contribution in [3.8, 4) is 0 Å². The molecule has 2 N–H and O–H groups in total. The third kappa shape index (κ3) is 6.12. The maximum Gasteiger partial charge on any atom is 0.230 e. The number of thioether (sulfide) groups is 1. The van der Waals surface area contributed by atoms with Crippen molar-refractivity contribution in [2.75, 3.05) is 6.54 Å². The number of benzene rings is 1. The standard InChI is InChI=1S/C10H13ClN2O2S.ClH/c1-10(12,7-13(14)15)16-6-8-4-2-3-5-9(8)11;/h2-5H,6-7,12H2,1H3;1H. The topological polar surface area (TPSA) is 69.2 Å². The summed E-state index contributed by atoms with van der Waals surface area (Å²) in [6.45, 7) is 1.39. The van der Waals surface area contributed by atoms with Crippen molar-refractivity contribution in [2.24, 2.45) is 5.73 Å². The van der Waals surface area contributed by atoms with Gasteiger partial charge < -0.3 is 5.73 Å². The molecule has 1 rings (SSSR count). The summed E-state index contributed by atoms with van der Waals surface area (Å²) in [6.07, 6.45) is 0. The van der Waals surface area contributed by atoms with Crippen LogP contribution in [0.1, 0.15) is 12.5 Å². The van der Waals surface area contributed by atoms with Gasteiger partial charge in [-0.25, -0.2) is 0 Å². The second-order valence-corrected chi connectivity index (χ2v) is 5.60. The van der Waals surface area contributed by atoms with Gasteiger partial charge in [0, 0.05) is 15.7 Å². The van der Waals surface area contributed by atoms with E-state index in [9.17, 15) is 10.1 Å². The van der Waals surface area contributed by atoms with Gasteiger partial charge >= 0.3 is 0 Å². The second kappa shape index (κ2) is 7.06. The smallest absolute Gasteiger partial charge is 0.230 e. The molecule has 4 nitrogen and oxygen atoms in total. The molecule has 0 aliphatic heterocycles. The van der Waals surface area contributed by atoms with Crippen LogP contribution < -0.4 is 5.73 Å². The molecular weight excluding hydrogens is 283 g/mol. The Bertz CT molecular complexity index is 388. The summed E-state index contributed by atoms with van der Waals surface area (Å²) in [7, 11) is 0. The van der Waals surface area contributed by atoms with Gasteiger partial charge in [-0.1, -0.05) is 29.8 Å². The van der Waals surface area contributed by atoms with Crippen LogP contribution in [0, 0.1) is 10.1 Å². The average Bonchev–Trinajstić information content (AvgIpc) is 2.14. The predicted octanol–water partition coefficient (Wildman–Crippen LogP) is 2.95. The van der Waals surface area contributed by atoms with E-state index in [1.54, 1.807) is 13.0 Å². The van der Waals surface area contributed by atoms with E-state index in [1.165, 1.54) is 11.8 Å². The minimum absolute atomic E-state index is 0. The molecule has 0 aliphatic rings. The van der Waals surface area contributed by atoms with Crippen LogP contribution in [0.4, 0.5) is 0 Å². The molecule has 96 valence electrons. The Morgan fingerprint density at radius 3 is 2.65 bits per heavy atom. The highest BCUT2D eigenvalue weighted by molar-refractivity contribution is 7.99.